The van der Waals surface area contributed by atoms with E-state index in [2.05, 4.69) is 0 Å². The number of rotatable bonds is 11. The van der Waals surface area contributed by atoms with Crippen LogP contribution in [0.15, 0.2) is 77.5 Å². The van der Waals surface area contributed by atoms with E-state index in [1.165, 1.54) is 44.5 Å². The summed E-state index contributed by atoms with van der Waals surface area (Å²) in [5.41, 5.74) is -3.89. The van der Waals surface area contributed by atoms with Gasteiger partial charge in [-0.25, -0.2) is 0 Å². The van der Waals surface area contributed by atoms with E-state index in [4.69, 9.17) is 9.47 Å². The van der Waals surface area contributed by atoms with Gasteiger partial charge >= 0.3 is 0 Å². The molecule has 0 saturated heterocycles. The Morgan fingerprint density at radius 1 is 0.500 bits per heavy atom. The average molecular weight is 795 g/mol. The third-order valence-corrected chi connectivity index (χ3v) is 12.3. The van der Waals surface area contributed by atoms with Crippen LogP contribution < -0.4 is 31.2 Å². The Hall–Kier alpha value is -5.46. The lowest BCUT2D eigenvalue weighted by molar-refractivity contribution is 0.395. The van der Waals surface area contributed by atoms with Gasteiger partial charge in [0.25, 0.3) is 0 Å². The van der Waals surface area contributed by atoms with Crippen LogP contribution in [0.3, 0.4) is 0 Å². The van der Waals surface area contributed by atoms with Crippen LogP contribution in [0.4, 0.5) is 0 Å². The Kier molecular flexibility index (Phi) is 11.2. The molecule has 0 spiro atoms. The lowest BCUT2D eigenvalue weighted by atomic mass is 9.80. The molecule has 0 amide bonds. The van der Waals surface area contributed by atoms with Crippen LogP contribution in [0.2, 0.25) is 0 Å². The summed E-state index contributed by atoms with van der Waals surface area (Å²) in [6.07, 6.45) is 0. The molecule has 0 atom stereocenters. The molecule has 10 nitrogen and oxygen atoms in total. The number of hydrogen-bond acceptors (Lipinski definition) is 12. The molecule has 4 aromatic rings. The first-order valence-corrected chi connectivity index (χ1v) is 19.9. The average Bonchev–Trinajstić information content (AvgIpc) is 3.17. The molecule has 2 aliphatic rings. The third kappa shape index (κ3) is 6.64. The summed E-state index contributed by atoms with van der Waals surface area (Å²) < 4.78 is 10.5. The molecule has 0 unspecified atom stereocenters. The molecule has 0 bridgehead atoms. The number of methoxy groups -OCH3 is 2. The van der Waals surface area contributed by atoms with Crippen molar-refractivity contribution in [2.45, 2.75) is 74.7 Å². The topological polar surface area (TPSA) is 168 Å². The van der Waals surface area contributed by atoms with Gasteiger partial charge < -0.3 is 29.9 Å². The van der Waals surface area contributed by atoms with Gasteiger partial charge in [0, 0.05) is 87.7 Å². The van der Waals surface area contributed by atoms with Gasteiger partial charge in [0.1, 0.15) is 23.0 Å². The molecule has 0 fully saturated rings. The molecule has 4 aromatic carbocycles. The van der Waals surface area contributed by atoms with E-state index in [0.717, 1.165) is 9.79 Å². The minimum atomic E-state index is -0.893. The van der Waals surface area contributed by atoms with E-state index in [-0.39, 0.29) is 83.7 Å². The molecule has 12 heteroatoms. The number of thioether (sulfide) groups is 2. The fraction of sp³-hybridized carbons (Fsp3) is 0.273. The molecule has 2 aliphatic carbocycles. The zero-order chi connectivity index (χ0) is 40.9. The Labute approximate surface area is 331 Å². The van der Waals surface area contributed by atoms with E-state index in [9.17, 15) is 34.8 Å². The summed E-state index contributed by atoms with van der Waals surface area (Å²) in [6, 6.07) is 14.2. The van der Waals surface area contributed by atoms with Gasteiger partial charge in [0.15, 0.2) is 22.4 Å². The number of benzene rings is 6. The van der Waals surface area contributed by atoms with Crippen molar-refractivity contribution < 1.29 is 29.9 Å². The summed E-state index contributed by atoms with van der Waals surface area (Å²) >= 11 is 2.49. The highest BCUT2D eigenvalue weighted by Crippen LogP contribution is 2.54. The van der Waals surface area contributed by atoms with Crippen LogP contribution in [-0.2, 0) is 11.5 Å². The van der Waals surface area contributed by atoms with E-state index >= 15 is 4.79 Å². The molecule has 0 heterocycles. The van der Waals surface area contributed by atoms with Gasteiger partial charge in [-0.15, -0.1) is 23.5 Å². The highest BCUT2D eigenvalue weighted by Gasteiger charge is 2.34. The first-order valence-electron chi connectivity index (χ1n) is 17.9. The second-order valence-electron chi connectivity index (χ2n) is 14.2. The summed E-state index contributed by atoms with van der Waals surface area (Å²) in [5, 5.41) is 47.3. The van der Waals surface area contributed by atoms with Crippen molar-refractivity contribution in [1.29, 1.82) is 0 Å². The van der Waals surface area contributed by atoms with Crippen molar-refractivity contribution in [3.05, 3.63) is 123 Å². The summed E-state index contributed by atoms with van der Waals surface area (Å²) in [5.74, 6) is -1.69. The lowest BCUT2D eigenvalue weighted by Gasteiger charge is -2.24. The number of aromatic hydroxyl groups is 4. The first-order chi connectivity index (χ1) is 26.5. The van der Waals surface area contributed by atoms with Crippen LogP contribution in [0.5, 0.6) is 34.5 Å². The molecular formula is C44H42O10S2. The van der Waals surface area contributed by atoms with Gasteiger partial charge in [0.05, 0.1) is 14.2 Å². The Morgan fingerprint density at radius 2 is 1.00 bits per heavy atom. The highest BCUT2D eigenvalue weighted by atomic mass is 32.2. The van der Waals surface area contributed by atoms with Crippen molar-refractivity contribution in [2.75, 3.05) is 14.2 Å². The zero-order valence-corrected chi connectivity index (χ0v) is 33.9. The summed E-state index contributed by atoms with van der Waals surface area (Å²) in [4.78, 5) is 58.6. The predicted molar refractivity (Wildman–Crippen MR) is 223 cm³/mol. The SMILES string of the molecule is COc1ccc(SCc2c3c(=O)c(-c4c(C)c(O)c5c(C(C)C)c(O)c(O)c(CSc6ccc(OC)cc6)c5c4O)c(C)c(=O)c-3c(C(C)C)c(=O)c2=O)cc1. The van der Waals surface area contributed by atoms with Crippen LogP contribution in [0, 0.1) is 13.8 Å². The highest BCUT2D eigenvalue weighted by molar-refractivity contribution is 7.98. The van der Waals surface area contributed by atoms with Crippen molar-refractivity contribution in [3.8, 4) is 56.8 Å². The van der Waals surface area contributed by atoms with Gasteiger partial charge in [0.2, 0.25) is 10.9 Å². The van der Waals surface area contributed by atoms with Gasteiger partial charge in [-0.05, 0) is 74.2 Å². The van der Waals surface area contributed by atoms with Gasteiger partial charge in [-0.3, -0.25) is 19.2 Å². The number of phenols is 4. The standard InChI is InChI=1S/C44H42O10S2/c1-19(2)29-35-33(27(39(47)43(29)51)17-55-25-13-9-23(53-7)10-14-25)41(49)31(21(5)37(35)45)32-22(6)38(46)36-30(20(3)4)44(52)40(48)28(34(36)42(32)50)18-56-26-15-11-24(54-8)12-16-26/h9-16,19-20,45,47,49,51H,17-18H2,1-8H3. The zero-order valence-electron chi connectivity index (χ0n) is 32.2. The monoisotopic (exact) mass is 794 g/mol. The lowest BCUT2D eigenvalue weighted by Crippen LogP contribution is -2.38. The molecule has 0 saturated carbocycles. The molecular weight excluding hydrogens is 753 g/mol. The largest absolute Gasteiger partial charge is 0.507 e. The van der Waals surface area contributed by atoms with Crippen molar-refractivity contribution in [3.63, 3.8) is 0 Å². The molecule has 6 rings (SSSR count). The molecule has 4 N–H and O–H groups in total. The summed E-state index contributed by atoms with van der Waals surface area (Å²) in [7, 11) is 3.08. The number of hydrogen-bond donors (Lipinski definition) is 4. The molecule has 0 aliphatic heterocycles. The molecule has 56 heavy (non-hydrogen) atoms. The van der Waals surface area contributed by atoms with Crippen molar-refractivity contribution in [1.82, 2.24) is 0 Å². The Bertz CT molecular complexity index is 2690. The van der Waals surface area contributed by atoms with Crippen LogP contribution in [-0.4, -0.2) is 34.6 Å². The van der Waals surface area contributed by atoms with Crippen molar-refractivity contribution in [2.24, 2.45) is 0 Å². The quantitative estimate of drug-likeness (QED) is 0.0430. The number of ether oxygens (including phenoxy) is 2. The first kappa shape index (κ1) is 40.2. The van der Waals surface area contributed by atoms with Crippen LogP contribution in [0.1, 0.15) is 72.9 Å². The summed E-state index contributed by atoms with van der Waals surface area (Å²) in [6.45, 7) is 9.76. The number of phenolic OH excluding ortho intramolecular Hbond substituents is 4. The van der Waals surface area contributed by atoms with Crippen molar-refractivity contribution >= 4 is 34.3 Å². The van der Waals surface area contributed by atoms with E-state index in [0.29, 0.717) is 11.5 Å². The van der Waals surface area contributed by atoms with E-state index in [1.54, 1.807) is 71.2 Å². The minimum absolute atomic E-state index is 0.00738. The Morgan fingerprint density at radius 3 is 1.48 bits per heavy atom. The second-order valence-corrected chi connectivity index (χ2v) is 16.3. The fourth-order valence-corrected chi connectivity index (χ4v) is 9.25. The third-order valence-electron chi connectivity index (χ3n) is 10.3. The number of fused-ring (bicyclic) bond motifs is 2. The fourth-order valence-electron chi connectivity index (χ4n) is 7.42. The molecule has 0 radical (unpaired) electrons. The smallest absolute Gasteiger partial charge is 0.230 e. The normalized spacial score (nSPS) is 11.7. The van der Waals surface area contributed by atoms with Crippen LogP contribution in [0.25, 0.3) is 33.0 Å². The van der Waals surface area contributed by atoms with E-state index in [1.807, 2.05) is 12.1 Å². The molecule has 0 aromatic heterocycles. The van der Waals surface area contributed by atoms with Crippen LogP contribution >= 0.6 is 23.5 Å². The predicted octanol–water partition coefficient (Wildman–Crippen LogP) is 8.22. The Balaban J connectivity index is 1.69. The maximum Gasteiger partial charge on any atom is 0.230 e. The van der Waals surface area contributed by atoms with Gasteiger partial charge in [-0.1, -0.05) is 27.7 Å². The maximum absolute atomic E-state index is 15.0. The minimum Gasteiger partial charge on any atom is -0.507 e. The van der Waals surface area contributed by atoms with E-state index < -0.39 is 50.8 Å². The van der Waals surface area contributed by atoms with Gasteiger partial charge in [-0.2, -0.15) is 0 Å². The second kappa shape index (κ2) is 15.6. The maximum atomic E-state index is 15.0. The molecule has 290 valence electrons.